The summed E-state index contributed by atoms with van der Waals surface area (Å²) in [5.41, 5.74) is 6.98. The molecular formula is C18H19N5O2S. The minimum atomic E-state index is -1.08. The Labute approximate surface area is 155 Å². The van der Waals surface area contributed by atoms with E-state index in [-0.39, 0.29) is 0 Å². The van der Waals surface area contributed by atoms with Gasteiger partial charge >= 0.3 is 0 Å². The minimum Gasteiger partial charge on any atom is -0.494 e. The van der Waals surface area contributed by atoms with Gasteiger partial charge < -0.3 is 20.9 Å². The summed E-state index contributed by atoms with van der Waals surface area (Å²) in [7, 11) is 1.61. The van der Waals surface area contributed by atoms with E-state index >= 15 is 0 Å². The maximum atomic E-state index is 9.68. The lowest BCUT2D eigenvalue weighted by molar-refractivity contribution is 0.143. The average molecular weight is 369 g/mol. The Kier molecular flexibility index (Phi) is 4.93. The van der Waals surface area contributed by atoms with Crippen molar-refractivity contribution in [3.05, 3.63) is 35.8 Å². The lowest BCUT2D eigenvalue weighted by Gasteiger charge is -2.08. The van der Waals surface area contributed by atoms with E-state index in [2.05, 4.69) is 32.1 Å². The maximum absolute atomic E-state index is 9.68. The summed E-state index contributed by atoms with van der Waals surface area (Å²) in [6.07, 6.45) is 3.18. The van der Waals surface area contributed by atoms with Crippen molar-refractivity contribution in [2.24, 2.45) is 0 Å². The first-order valence-electron chi connectivity index (χ1n) is 7.88. The lowest BCUT2D eigenvalue weighted by Crippen LogP contribution is -2.14. The van der Waals surface area contributed by atoms with Crippen molar-refractivity contribution in [3.63, 3.8) is 0 Å². The minimum absolute atomic E-state index is 0.486. The molecule has 0 amide bonds. The zero-order valence-electron chi connectivity index (χ0n) is 14.7. The van der Waals surface area contributed by atoms with Crippen LogP contribution < -0.4 is 15.8 Å². The first-order valence-corrected chi connectivity index (χ1v) is 8.70. The molecular weight excluding hydrogens is 350 g/mol. The number of aromatic nitrogens is 3. The molecule has 3 aromatic rings. The number of fused-ring (bicyclic) bond motifs is 1. The van der Waals surface area contributed by atoms with Crippen LogP contribution in [0.5, 0.6) is 5.75 Å². The molecule has 3 rings (SSSR count). The van der Waals surface area contributed by atoms with Crippen LogP contribution in [-0.2, 0) is 6.54 Å². The highest BCUT2D eigenvalue weighted by Crippen LogP contribution is 2.32. The van der Waals surface area contributed by atoms with Crippen molar-refractivity contribution in [1.29, 1.82) is 0 Å². The van der Waals surface area contributed by atoms with Gasteiger partial charge in [-0.2, -0.15) is 0 Å². The van der Waals surface area contributed by atoms with Crippen molar-refractivity contribution in [1.82, 2.24) is 15.0 Å². The largest absolute Gasteiger partial charge is 0.494 e. The van der Waals surface area contributed by atoms with E-state index in [9.17, 15) is 5.11 Å². The molecule has 0 aliphatic rings. The summed E-state index contributed by atoms with van der Waals surface area (Å²) in [6, 6.07) is 3.93. The molecule has 0 aliphatic heterocycles. The molecule has 8 heteroatoms. The molecule has 0 atom stereocenters. The van der Waals surface area contributed by atoms with Gasteiger partial charge in [-0.15, -0.1) is 0 Å². The number of methoxy groups -OCH3 is 1. The number of thiazole rings is 1. The Morgan fingerprint density at radius 2 is 2.12 bits per heavy atom. The molecule has 0 fully saturated rings. The zero-order chi connectivity index (χ0) is 18.7. The molecule has 7 nitrogen and oxygen atoms in total. The Hall–Kier alpha value is -2.89. The number of nitrogen functional groups attached to an aromatic ring is 1. The number of rotatable bonds is 4. The molecule has 0 bridgehead atoms. The third-order valence-corrected chi connectivity index (χ3v) is 4.19. The van der Waals surface area contributed by atoms with E-state index in [1.54, 1.807) is 33.4 Å². The molecule has 4 N–H and O–H groups in total. The van der Waals surface area contributed by atoms with E-state index in [1.165, 1.54) is 11.3 Å². The highest BCUT2D eigenvalue weighted by atomic mass is 32.1. The normalized spacial score (nSPS) is 11.1. The summed E-state index contributed by atoms with van der Waals surface area (Å²) in [5, 5.41) is 13.4. The topological polar surface area (TPSA) is 106 Å². The molecule has 2 heterocycles. The quantitative estimate of drug-likeness (QED) is 0.606. The SMILES string of the molecule is COc1cc(CNc2cncc(C#CC(C)(C)O)n2)cc2sc(N)nc12. The van der Waals surface area contributed by atoms with Crippen molar-refractivity contribution < 1.29 is 9.84 Å². The monoisotopic (exact) mass is 369 g/mol. The van der Waals surface area contributed by atoms with E-state index < -0.39 is 5.60 Å². The van der Waals surface area contributed by atoms with Crippen LogP contribution in [0.15, 0.2) is 24.5 Å². The Balaban J connectivity index is 1.78. The first kappa shape index (κ1) is 17.9. The van der Waals surface area contributed by atoms with Gasteiger partial charge in [0.2, 0.25) is 0 Å². The number of nitrogens with two attached hydrogens (primary N) is 1. The molecule has 26 heavy (non-hydrogen) atoms. The number of hydrogen-bond acceptors (Lipinski definition) is 8. The van der Waals surface area contributed by atoms with Gasteiger partial charge in [0.1, 0.15) is 28.4 Å². The third kappa shape index (κ3) is 4.39. The van der Waals surface area contributed by atoms with Crippen LogP contribution in [-0.4, -0.2) is 32.8 Å². The number of nitrogens with zero attached hydrogens (tertiary/aromatic N) is 3. The summed E-state index contributed by atoms with van der Waals surface area (Å²) < 4.78 is 6.37. The van der Waals surface area contributed by atoms with E-state index in [0.717, 1.165) is 15.8 Å². The molecule has 1 aromatic carbocycles. The number of benzene rings is 1. The van der Waals surface area contributed by atoms with Gasteiger partial charge in [0, 0.05) is 6.54 Å². The summed E-state index contributed by atoms with van der Waals surface area (Å²) >= 11 is 1.42. The number of hydrogen-bond donors (Lipinski definition) is 3. The highest BCUT2D eigenvalue weighted by Gasteiger charge is 2.10. The van der Waals surface area contributed by atoms with Gasteiger partial charge in [-0.25, -0.2) is 9.97 Å². The fraction of sp³-hybridized carbons (Fsp3) is 0.278. The van der Waals surface area contributed by atoms with Crippen LogP contribution in [0.1, 0.15) is 25.1 Å². The van der Waals surface area contributed by atoms with Gasteiger partial charge in [-0.05, 0) is 37.5 Å². The van der Waals surface area contributed by atoms with E-state index in [4.69, 9.17) is 10.5 Å². The standard InChI is InChI=1S/C18H19N5O2S/c1-18(2,24)5-4-12-9-20-10-15(22-12)21-8-11-6-13(25-3)16-14(7-11)26-17(19)23-16/h6-7,9-10,24H,8H2,1-3H3,(H2,19,23)(H,21,22). The lowest BCUT2D eigenvalue weighted by atomic mass is 10.1. The Morgan fingerprint density at radius 1 is 1.31 bits per heavy atom. The summed E-state index contributed by atoms with van der Waals surface area (Å²) in [4.78, 5) is 12.8. The maximum Gasteiger partial charge on any atom is 0.181 e. The summed E-state index contributed by atoms with van der Waals surface area (Å²) in [6.45, 7) is 3.76. The van der Waals surface area contributed by atoms with Gasteiger partial charge in [-0.1, -0.05) is 17.3 Å². The molecule has 0 radical (unpaired) electrons. The van der Waals surface area contributed by atoms with Crippen molar-refractivity contribution in [2.45, 2.75) is 26.0 Å². The van der Waals surface area contributed by atoms with Crippen LogP contribution in [0.2, 0.25) is 0 Å². The second kappa shape index (κ2) is 7.15. The molecule has 0 aliphatic carbocycles. The van der Waals surface area contributed by atoms with Crippen molar-refractivity contribution in [2.75, 3.05) is 18.2 Å². The van der Waals surface area contributed by atoms with Crippen molar-refractivity contribution >= 4 is 32.5 Å². The molecule has 0 unspecified atom stereocenters. The second-order valence-corrected chi connectivity index (χ2v) is 7.21. The van der Waals surface area contributed by atoms with E-state index in [1.807, 2.05) is 12.1 Å². The first-order chi connectivity index (χ1) is 12.3. The van der Waals surface area contributed by atoms with Crippen LogP contribution in [0, 0.1) is 11.8 Å². The van der Waals surface area contributed by atoms with Gasteiger partial charge in [0.15, 0.2) is 5.13 Å². The van der Waals surface area contributed by atoms with Crippen LogP contribution in [0.4, 0.5) is 10.9 Å². The molecule has 134 valence electrons. The molecule has 0 saturated carbocycles. The van der Waals surface area contributed by atoms with E-state index in [0.29, 0.717) is 28.9 Å². The fourth-order valence-electron chi connectivity index (χ4n) is 2.25. The van der Waals surface area contributed by atoms with Crippen LogP contribution >= 0.6 is 11.3 Å². The van der Waals surface area contributed by atoms with Gasteiger partial charge in [0.25, 0.3) is 0 Å². The number of aliphatic hydroxyl groups is 1. The average Bonchev–Trinajstić information content (AvgIpc) is 2.97. The molecule has 0 spiro atoms. The zero-order valence-corrected chi connectivity index (χ0v) is 15.5. The van der Waals surface area contributed by atoms with Gasteiger partial charge in [-0.3, -0.25) is 4.98 Å². The Morgan fingerprint density at radius 3 is 2.85 bits per heavy atom. The van der Waals surface area contributed by atoms with Crippen molar-refractivity contribution in [3.8, 4) is 17.6 Å². The van der Waals surface area contributed by atoms with Crippen LogP contribution in [0.25, 0.3) is 10.2 Å². The second-order valence-electron chi connectivity index (χ2n) is 6.15. The third-order valence-electron chi connectivity index (χ3n) is 3.36. The Bertz CT molecular complexity index is 998. The molecule has 0 saturated heterocycles. The highest BCUT2D eigenvalue weighted by molar-refractivity contribution is 7.22. The fourth-order valence-corrected chi connectivity index (χ4v) is 3.06. The number of ether oxygens (including phenoxy) is 1. The predicted molar refractivity (Wildman–Crippen MR) is 103 cm³/mol. The smallest absolute Gasteiger partial charge is 0.181 e. The molecule has 2 aromatic heterocycles. The number of anilines is 2. The van der Waals surface area contributed by atoms with Gasteiger partial charge in [0.05, 0.1) is 24.2 Å². The number of nitrogens with one attached hydrogen (secondary N) is 1. The van der Waals surface area contributed by atoms with Crippen LogP contribution in [0.3, 0.4) is 0 Å². The summed E-state index contributed by atoms with van der Waals surface area (Å²) in [5.74, 6) is 6.81. The predicted octanol–water partition coefficient (Wildman–Crippen LogP) is 2.41.